The normalized spacial score (nSPS) is 12.0. The molecule has 4 aromatic rings. The Morgan fingerprint density at radius 2 is 1.73 bits per heavy atom. The molecule has 0 fully saturated rings. The summed E-state index contributed by atoms with van der Waals surface area (Å²) in [5, 5.41) is 15.9. The smallest absolute Gasteiger partial charge is 0.147 e. The van der Waals surface area contributed by atoms with Gasteiger partial charge < -0.3 is 10.4 Å². The highest BCUT2D eigenvalue weighted by Gasteiger charge is 2.20. The van der Waals surface area contributed by atoms with Gasteiger partial charge in [-0.05, 0) is 35.9 Å². The van der Waals surface area contributed by atoms with E-state index in [0.29, 0.717) is 10.5 Å². The van der Waals surface area contributed by atoms with Crippen LogP contribution in [0.25, 0.3) is 10.9 Å². The summed E-state index contributed by atoms with van der Waals surface area (Å²) in [6.07, 6.45) is 5.15. The van der Waals surface area contributed by atoms with Crippen molar-refractivity contribution in [2.24, 2.45) is 0 Å². The van der Waals surface area contributed by atoms with Gasteiger partial charge in [-0.15, -0.1) is 0 Å². The summed E-state index contributed by atoms with van der Waals surface area (Å²) >= 11 is 6.04. The van der Waals surface area contributed by atoms with Crippen LogP contribution < -0.4 is 5.32 Å². The van der Waals surface area contributed by atoms with E-state index in [2.05, 4.69) is 15.3 Å². The summed E-state index contributed by atoms with van der Waals surface area (Å²) in [6, 6.07) is 18.8. The molecule has 0 aliphatic carbocycles. The minimum Gasteiger partial charge on any atom is -0.505 e. The molecule has 4 nitrogen and oxygen atoms in total. The lowest BCUT2D eigenvalue weighted by molar-refractivity contribution is 0.472. The molecule has 0 spiro atoms. The zero-order valence-corrected chi connectivity index (χ0v) is 14.6. The molecule has 2 aromatic carbocycles. The van der Waals surface area contributed by atoms with Gasteiger partial charge in [0.05, 0.1) is 11.7 Å². The van der Waals surface area contributed by atoms with Crippen LogP contribution in [0, 0.1) is 0 Å². The molecule has 0 saturated heterocycles. The van der Waals surface area contributed by atoms with Crippen molar-refractivity contribution in [3.8, 4) is 5.75 Å². The van der Waals surface area contributed by atoms with Gasteiger partial charge in [0.2, 0.25) is 0 Å². The van der Waals surface area contributed by atoms with Gasteiger partial charge in [-0.2, -0.15) is 0 Å². The number of nitrogens with zero attached hydrogens (tertiary/aromatic N) is 2. The molecule has 4 rings (SSSR count). The summed E-state index contributed by atoms with van der Waals surface area (Å²) < 4.78 is 0. The van der Waals surface area contributed by atoms with Crippen molar-refractivity contribution in [2.45, 2.75) is 6.04 Å². The van der Waals surface area contributed by atoms with Gasteiger partial charge in [0, 0.05) is 34.6 Å². The largest absolute Gasteiger partial charge is 0.505 e. The Morgan fingerprint density at radius 1 is 0.923 bits per heavy atom. The predicted molar refractivity (Wildman–Crippen MR) is 105 cm³/mol. The number of aromatic hydroxyl groups is 1. The van der Waals surface area contributed by atoms with E-state index in [0.717, 1.165) is 22.2 Å². The van der Waals surface area contributed by atoms with Gasteiger partial charge in [0.1, 0.15) is 11.3 Å². The van der Waals surface area contributed by atoms with E-state index in [1.165, 1.54) is 0 Å². The first-order valence-corrected chi connectivity index (χ1v) is 8.59. The van der Waals surface area contributed by atoms with Gasteiger partial charge in [0.25, 0.3) is 0 Å². The molecule has 0 saturated carbocycles. The average Bonchev–Trinajstić information content (AvgIpc) is 2.69. The summed E-state index contributed by atoms with van der Waals surface area (Å²) in [4.78, 5) is 8.48. The second-order valence-electron chi connectivity index (χ2n) is 5.95. The van der Waals surface area contributed by atoms with Gasteiger partial charge in [-0.25, -0.2) is 0 Å². The minimum absolute atomic E-state index is 0.166. The van der Waals surface area contributed by atoms with Gasteiger partial charge in [-0.3, -0.25) is 9.97 Å². The van der Waals surface area contributed by atoms with E-state index < -0.39 is 0 Å². The van der Waals surface area contributed by atoms with Crippen LogP contribution in [-0.2, 0) is 0 Å². The van der Waals surface area contributed by atoms with Crippen LogP contribution in [0.4, 0.5) is 5.69 Å². The summed E-state index contributed by atoms with van der Waals surface area (Å²) in [7, 11) is 0. The minimum atomic E-state index is -0.275. The van der Waals surface area contributed by atoms with Gasteiger partial charge in [-0.1, -0.05) is 41.9 Å². The Balaban J connectivity index is 1.84. The Kier molecular flexibility index (Phi) is 4.42. The first kappa shape index (κ1) is 16.4. The number of phenols is 1. The molecule has 0 aliphatic rings. The molecule has 26 heavy (non-hydrogen) atoms. The fourth-order valence-electron chi connectivity index (χ4n) is 2.99. The van der Waals surface area contributed by atoms with E-state index in [1.807, 2.05) is 60.7 Å². The van der Waals surface area contributed by atoms with Crippen LogP contribution >= 0.6 is 11.6 Å². The van der Waals surface area contributed by atoms with Crippen molar-refractivity contribution >= 4 is 28.2 Å². The zero-order chi connectivity index (χ0) is 17.9. The number of aromatic nitrogens is 2. The molecular weight excluding hydrogens is 346 g/mol. The average molecular weight is 362 g/mol. The highest BCUT2D eigenvalue weighted by Crippen LogP contribution is 2.36. The maximum Gasteiger partial charge on any atom is 0.147 e. The van der Waals surface area contributed by atoms with Crippen molar-refractivity contribution in [3.63, 3.8) is 0 Å². The lowest BCUT2D eigenvalue weighted by Crippen LogP contribution is -2.13. The Hall–Kier alpha value is -3.11. The first-order valence-electron chi connectivity index (χ1n) is 8.21. The summed E-state index contributed by atoms with van der Waals surface area (Å²) in [5.41, 5.74) is 3.15. The van der Waals surface area contributed by atoms with Crippen molar-refractivity contribution in [1.29, 1.82) is 0 Å². The molecule has 1 atom stereocenters. The third kappa shape index (κ3) is 3.19. The number of fused-ring (bicyclic) bond motifs is 1. The van der Waals surface area contributed by atoms with Crippen LogP contribution in [0.3, 0.4) is 0 Å². The quantitative estimate of drug-likeness (QED) is 0.525. The van der Waals surface area contributed by atoms with E-state index in [4.69, 9.17) is 11.6 Å². The molecule has 0 bridgehead atoms. The van der Waals surface area contributed by atoms with Gasteiger partial charge in [0.15, 0.2) is 0 Å². The molecule has 2 aromatic heterocycles. The lowest BCUT2D eigenvalue weighted by atomic mass is 9.96. The highest BCUT2D eigenvalue weighted by atomic mass is 35.5. The number of halogens is 1. The monoisotopic (exact) mass is 361 g/mol. The second kappa shape index (κ2) is 7.02. The molecule has 2 N–H and O–H groups in total. The molecule has 0 aliphatic heterocycles. The van der Waals surface area contributed by atoms with Crippen LogP contribution in [0.5, 0.6) is 5.75 Å². The van der Waals surface area contributed by atoms with Crippen LogP contribution in [0.1, 0.15) is 17.2 Å². The predicted octanol–water partition coefficient (Wildman–Crippen LogP) is 5.19. The Labute approximate surface area is 156 Å². The number of pyridine rings is 2. The number of benzene rings is 2. The van der Waals surface area contributed by atoms with E-state index in [-0.39, 0.29) is 11.8 Å². The first-order chi connectivity index (χ1) is 12.7. The van der Waals surface area contributed by atoms with E-state index in [1.54, 1.807) is 18.6 Å². The number of hydrogen-bond donors (Lipinski definition) is 2. The molecule has 0 unspecified atom stereocenters. The topological polar surface area (TPSA) is 58.0 Å². The van der Waals surface area contributed by atoms with Crippen LogP contribution in [-0.4, -0.2) is 15.1 Å². The molecule has 5 heteroatoms. The van der Waals surface area contributed by atoms with Crippen molar-refractivity contribution in [3.05, 3.63) is 95.4 Å². The molecule has 0 radical (unpaired) electrons. The summed E-state index contributed by atoms with van der Waals surface area (Å²) in [5.74, 6) is 0.166. The van der Waals surface area contributed by atoms with Gasteiger partial charge >= 0.3 is 0 Å². The maximum absolute atomic E-state index is 10.9. The third-order valence-electron chi connectivity index (χ3n) is 4.27. The van der Waals surface area contributed by atoms with Crippen molar-refractivity contribution in [2.75, 3.05) is 5.32 Å². The Morgan fingerprint density at radius 3 is 2.50 bits per heavy atom. The Bertz CT molecular complexity index is 1040. The standard InChI is InChI=1S/C21H16ClN3O/c22-16-8-5-15(6-9-16)19(25-17-4-2-11-23-13-17)18-10-7-14-3-1-12-24-20(14)21(18)26/h1-13,19,25-26H/t19-/m1/s1. The number of rotatable bonds is 4. The van der Waals surface area contributed by atoms with Crippen molar-refractivity contribution in [1.82, 2.24) is 9.97 Å². The number of hydrogen-bond acceptors (Lipinski definition) is 4. The number of phenolic OH excluding ortho intramolecular Hbond substituents is 1. The second-order valence-corrected chi connectivity index (χ2v) is 6.39. The van der Waals surface area contributed by atoms with E-state index in [9.17, 15) is 5.11 Å². The molecule has 2 heterocycles. The third-order valence-corrected chi connectivity index (χ3v) is 4.52. The number of anilines is 1. The molecule has 128 valence electrons. The maximum atomic E-state index is 10.9. The molecular formula is C21H16ClN3O. The fraction of sp³-hybridized carbons (Fsp3) is 0.0476. The molecule has 0 amide bonds. The van der Waals surface area contributed by atoms with Crippen molar-refractivity contribution < 1.29 is 5.11 Å². The lowest BCUT2D eigenvalue weighted by Gasteiger charge is -2.22. The fourth-order valence-corrected chi connectivity index (χ4v) is 3.11. The van der Waals surface area contributed by atoms with Crippen LogP contribution in [0.15, 0.2) is 79.3 Å². The van der Waals surface area contributed by atoms with E-state index >= 15 is 0 Å². The van der Waals surface area contributed by atoms with Crippen LogP contribution in [0.2, 0.25) is 5.02 Å². The highest BCUT2D eigenvalue weighted by molar-refractivity contribution is 6.30. The SMILES string of the molecule is Oc1c([C@H](Nc2cccnc2)c2ccc(Cl)cc2)ccc2cccnc12. The number of nitrogens with one attached hydrogen (secondary N) is 1. The zero-order valence-electron chi connectivity index (χ0n) is 13.8. The summed E-state index contributed by atoms with van der Waals surface area (Å²) in [6.45, 7) is 0.